The molecular formula is C16H18N2O. The number of carbonyl (C=O) groups is 1. The second-order valence-electron chi connectivity index (χ2n) is 5.71. The molecule has 98 valence electrons. The van der Waals surface area contributed by atoms with E-state index >= 15 is 0 Å². The minimum Gasteiger partial charge on any atom is -0.312 e. The molecule has 19 heavy (non-hydrogen) atoms. The summed E-state index contributed by atoms with van der Waals surface area (Å²) >= 11 is 0. The molecular weight excluding hydrogens is 236 g/mol. The van der Waals surface area contributed by atoms with Gasteiger partial charge < -0.3 is 4.90 Å². The minimum atomic E-state index is -0.0963. The number of nitrogens with zero attached hydrogens (tertiary/aromatic N) is 2. The van der Waals surface area contributed by atoms with Crippen molar-refractivity contribution in [3.63, 3.8) is 0 Å². The standard InChI is InChI=1S/C16H18N2O/c17-12-13-5-4-6-14(11-13)18-10-9-16(15(18)19)7-2-1-3-8-16/h4-6,11H,1-3,7-10H2. The van der Waals surface area contributed by atoms with Crippen molar-refractivity contribution < 1.29 is 4.79 Å². The molecule has 1 saturated carbocycles. The zero-order chi connectivity index (χ0) is 13.3. The van der Waals surface area contributed by atoms with Crippen LogP contribution in [0, 0.1) is 16.7 Å². The highest BCUT2D eigenvalue weighted by Crippen LogP contribution is 2.45. The van der Waals surface area contributed by atoms with Crippen molar-refractivity contribution in [2.45, 2.75) is 38.5 Å². The summed E-state index contributed by atoms with van der Waals surface area (Å²) in [6.07, 6.45) is 6.68. The van der Waals surface area contributed by atoms with E-state index in [2.05, 4.69) is 6.07 Å². The fraction of sp³-hybridized carbons (Fsp3) is 0.500. The highest BCUT2D eigenvalue weighted by molar-refractivity contribution is 6.00. The van der Waals surface area contributed by atoms with E-state index in [1.54, 1.807) is 6.07 Å². The van der Waals surface area contributed by atoms with Gasteiger partial charge in [0.05, 0.1) is 17.0 Å². The van der Waals surface area contributed by atoms with E-state index in [4.69, 9.17) is 5.26 Å². The van der Waals surface area contributed by atoms with Gasteiger partial charge in [-0.2, -0.15) is 5.26 Å². The number of carbonyl (C=O) groups excluding carboxylic acids is 1. The van der Waals surface area contributed by atoms with Crippen molar-refractivity contribution in [1.82, 2.24) is 0 Å². The van der Waals surface area contributed by atoms with Crippen LogP contribution in [0.25, 0.3) is 0 Å². The number of anilines is 1. The van der Waals surface area contributed by atoms with E-state index in [-0.39, 0.29) is 11.3 Å². The van der Waals surface area contributed by atoms with Crippen molar-refractivity contribution in [2.75, 3.05) is 11.4 Å². The van der Waals surface area contributed by atoms with Gasteiger partial charge in [0.2, 0.25) is 5.91 Å². The molecule has 1 aromatic rings. The van der Waals surface area contributed by atoms with Crippen LogP contribution in [-0.2, 0) is 4.79 Å². The van der Waals surface area contributed by atoms with Gasteiger partial charge in [-0.05, 0) is 37.5 Å². The number of benzene rings is 1. The summed E-state index contributed by atoms with van der Waals surface area (Å²) in [7, 11) is 0. The number of hydrogen-bond acceptors (Lipinski definition) is 2. The van der Waals surface area contributed by atoms with E-state index in [9.17, 15) is 4.79 Å². The Morgan fingerprint density at radius 2 is 1.95 bits per heavy atom. The van der Waals surface area contributed by atoms with E-state index in [0.717, 1.165) is 31.5 Å². The van der Waals surface area contributed by atoms with Gasteiger partial charge in [-0.15, -0.1) is 0 Å². The Labute approximate surface area is 113 Å². The number of hydrogen-bond donors (Lipinski definition) is 0. The van der Waals surface area contributed by atoms with Crippen LogP contribution in [0.2, 0.25) is 0 Å². The van der Waals surface area contributed by atoms with Crippen LogP contribution in [0.5, 0.6) is 0 Å². The molecule has 0 bridgehead atoms. The molecule has 2 fully saturated rings. The summed E-state index contributed by atoms with van der Waals surface area (Å²) in [5, 5.41) is 8.96. The average molecular weight is 254 g/mol. The summed E-state index contributed by atoms with van der Waals surface area (Å²) in [6, 6.07) is 9.52. The van der Waals surface area contributed by atoms with E-state index in [0.29, 0.717) is 5.56 Å². The summed E-state index contributed by atoms with van der Waals surface area (Å²) in [5.41, 5.74) is 1.40. The van der Waals surface area contributed by atoms with Gasteiger partial charge in [0.15, 0.2) is 0 Å². The molecule has 0 unspecified atom stereocenters. The van der Waals surface area contributed by atoms with Crippen LogP contribution in [0.15, 0.2) is 24.3 Å². The molecule has 0 aromatic heterocycles. The molecule has 1 spiro atoms. The number of amides is 1. The molecule has 3 rings (SSSR count). The van der Waals surface area contributed by atoms with Crippen LogP contribution < -0.4 is 4.90 Å². The second kappa shape index (κ2) is 4.70. The smallest absolute Gasteiger partial charge is 0.233 e. The second-order valence-corrected chi connectivity index (χ2v) is 5.71. The summed E-state index contributed by atoms with van der Waals surface area (Å²) in [6.45, 7) is 0.799. The van der Waals surface area contributed by atoms with Crippen LogP contribution >= 0.6 is 0 Å². The van der Waals surface area contributed by atoms with Gasteiger partial charge in [-0.3, -0.25) is 4.79 Å². The van der Waals surface area contributed by atoms with E-state index < -0.39 is 0 Å². The Kier molecular flexibility index (Phi) is 3.02. The van der Waals surface area contributed by atoms with Crippen molar-refractivity contribution >= 4 is 11.6 Å². The van der Waals surface area contributed by atoms with Crippen molar-refractivity contribution in [2.24, 2.45) is 5.41 Å². The van der Waals surface area contributed by atoms with Crippen LogP contribution in [0.4, 0.5) is 5.69 Å². The topological polar surface area (TPSA) is 44.1 Å². The SMILES string of the molecule is N#Cc1cccc(N2CCC3(CCCCC3)C2=O)c1. The third kappa shape index (κ3) is 2.02. The summed E-state index contributed by atoms with van der Waals surface area (Å²) in [4.78, 5) is 14.6. The Morgan fingerprint density at radius 3 is 2.68 bits per heavy atom. The zero-order valence-electron chi connectivity index (χ0n) is 11.1. The van der Waals surface area contributed by atoms with Crippen LogP contribution in [-0.4, -0.2) is 12.5 Å². The lowest BCUT2D eigenvalue weighted by Crippen LogP contribution is -2.36. The normalized spacial score (nSPS) is 21.6. The number of nitriles is 1. The molecule has 0 atom stereocenters. The fourth-order valence-corrected chi connectivity index (χ4v) is 3.50. The quantitative estimate of drug-likeness (QED) is 0.772. The molecule has 1 heterocycles. The predicted octanol–water partition coefficient (Wildman–Crippen LogP) is 3.25. The first-order chi connectivity index (χ1) is 9.25. The minimum absolute atomic E-state index is 0.0963. The third-order valence-electron chi connectivity index (χ3n) is 4.61. The molecule has 1 saturated heterocycles. The molecule has 3 nitrogen and oxygen atoms in total. The molecule has 1 aliphatic carbocycles. The van der Waals surface area contributed by atoms with Crippen LogP contribution in [0.3, 0.4) is 0 Å². The van der Waals surface area contributed by atoms with Crippen molar-refractivity contribution in [1.29, 1.82) is 5.26 Å². The average Bonchev–Trinajstić information content (AvgIpc) is 2.77. The van der Waals surface area contributed by atoms with Gasteiger partial charge in [0, 0.05) is 12.2 Å². The first kappa shape index (κ1) is 12.2. The zero-order valence-corrected chi connectivity index (χ0v) is 11.1. The summed E-state index contributed by atoms with van der Waals surface area (Å²) < 4.78 is 0. The Balaban J connectivity index is 1.87. The predicted molar refractivity (Wildman–Crippen MR) is 73.6 cm³/mol. The molecule has 3 heteroatoms. The first-order valence-electron chi connectivity index (χ1n) is 7.07. The molecule has 0 radical (unpaired) electrons. The van der Waals surface area contributed by atoms with E-state index in [1.807, 2.05) is 23.1 Å². The lowest BCUT2D eigenvalue weighted by Gasteiger charge is -2.31. The molecule has 0 N–H and O–H groups in total. The highest BCUT2D eigenvalue weighted by atomic mass is 16.2. The maximum absolute atomic E-state index is 12.7. The lowest BCUT2D eigenvalue weighted by molar-refractivity contribution is -0.127. The fourth-order valence-electron chi connectivity index (χ4n) is 3.50. The van der Waals surface area contributed by atoms with Crippen molar-refractivity contribution in [3.8, 4) is 6.07 Å². The monoisotopic (exact) mass is 254 g/mol. The van der Waals surface area contributed by atoms with Gasteiger partial charge in [0.1, 0.15) is 0 Å². The molecule has 1 aromatic carbocycles. The Morgan fingerprint density at radius 1 is 1.16 bits per heavy atom. The lowest BCUT2D eigenvalue weighted by atomic mass is 9.73. The van der Waals surface area contributed by atoms with Crippen molar-refractivity contribution in [3.05, 3.63) is 29.8 Å². The highest BCUT2D eigenvalue weighted by Gasteiger charge is 2.47. The first-order valence-corrected chi connectivity index (χ1v) is 7.07. The largest absolute Gasteiger partial charge is 0.312 e. The van der Waals surface area contributed by atoms with Gasteiger partial charge in [0.25, 0.3) is 0 Å². The van der Waals surface area contributed by atoms with Crippen LogP contribution in [0.1, 0.15) is 44.1 Å². The molecule has 1 amide bonds. The maximum Gasteiger partial charge on any atom is 0.233 e. The Hall–Kier alpha value is -1.82. The van der Waals surface area contributed by atoms with E-state index in [1.165, 1.54) is 19.3 Å². The third-order valence-corrected chi connectivity index (χ3v) is 4.61. The van der Waals surface area contributed by atoms with Gasteiger partial charge in [-0.25, -0.2) is 0 Å². The number of rotatable bonds is 1. The molecule has 1 aliphatic heterocycles. The Bertz CT molecular complexity index is 538. The van der Waals surface area contributed by atoms with Gasteiger partial charge >= 0.3 is 0 Å². The molecule has 2 aliphatic rings. The maximum atomic E-state index is 12.7. The van der Waals surface area contributed by atoms with Gasteiger partial charge in [-0.1, -0.05) is 25.3 Å². The summed E-state index contributed by atoms with van der Waals surface area (Å²) in [5.74, 6) is 0.280.